The standard InChI is InChI=1S/C18H25N5O2S/c1-5-22(6-2)17(25)14-8-7-9-15(10-14)20-16(24)11-26-18-21-19-12-23(18)13(3)4/h7-10,12-13H,5-6,11H2,1-4H3,(H,20,24). The van der Waals surface area contributed by atoms with Gasteiger partial charge in [0, 0.05) is 30.4 Å². The van der Waals surface area contributed by atoms with Crippen LogP contribution in [0.3, 0.4) is 0 Å². The second kappa shape index (κ2) is 9.38. The van der Waals surface area contributed by atoms with E-state index in [0.29, 0.717) is 29.5 Å². The highest BCUT2D eigenvalue weighted by molar-refractivity contribution is 7.99. The Balaban J connectivity index is 1.98. The highest BCUT2D eigenvalue weighted by Gasteiger charge is 2.14. The molecular weight excluding hydrogens is 350 g/mol. The summed E-state index contributed by atoms with van der Waals surface area (Å²) in [6.07, 6.45) is 1.66. The van der Waals surface area contributed by atoms with Gasteiger partial charge in [-0.3, -0.25) is 9.59 Å². The summed E-state index contributed by atoms with van der Waals surface area (Å²) in [6, 6.07) is 7.25. The number of hydrogen-bond donors (Lipinski definition) is 1. The largest absolute Gasteiger partial charge is 0.339 e. The van der Waals surface area contributed by atoms with Crippen molar-refractivity contribution in [3.8, 4) is 0 Å². The number of nitrogens with zero attached hydrogens (tertiary/aromatic N) is 4. The van der Waals surface area contributed by atoms with Gasteiger partial charge < -0.3 is 14.8 Å². The molecule has 2 aromatic rings. The number of amides is 2. The van der Waals surface area contributed by atoms with Crippen LogP contribution >= 0.6 is 11.8 Å². The van der Waals surface area contributed by atoms with Gasteiger partial charge in [-0.2, -0.15) is 0 Å². The number of hydrogen-bond acceptors (Lipinski definition) is 5. The zero-order valence-electron chi connectivity index (χ0n) is 15.6. The van der Waals surface area contributed by atoms with Crippen LogP contribution in [0.5, 0.6) is 0 Å². The molecule has 7 nitrogen and oxygen atoms in total. The summed E-state index contributed by atoms with van der Waals surface area (Å²) in [4.78, 5) is 26.4. The fourth-order valence-corrected chi connectivity index (χ4v) is 3.28. The van der Waals surface area contributed by atoms with Crippen molar-refractivity contribution in [2.45, 2.75) is 38.9 Å². The summed E-state index contributed by atoms with van der Waals surface area (Å²) < 4.78 is 1.92. The van der Waals surface area contributed by atoms with E-state index in [1.54, 1.807) is 35.5 Å². The molecule has 0 saturated carbocycles. The summed E-state index contributed by atoms with van der Waals surface area (Å²) in [5.74, 6) is 0.0332. The molecule has 2 amide bonds. The van der Waals surface area contributed by atoms with Crippen LogP contribution < -0.4 is 5.32 Å². The summed E-state index contributed by atoms with van der Waals surface area (Å²) in [5.41, 5.74) is 1.18. The fourth-order valence-electron chi connectivity index (χ4n) is 2.44. The number of carbonyl (C=O) groups is 2. The Bertz CT molecular complexity index is 756. The van der Waals surface area contributed by atoms with Crippen LogP contribution in [0.2, 0.25) is 0 Å². The Labute approximate surface area is 158 Å². The SMILES string of the molecule is CCN(CC)C(=O)c1cccc(NC(=O)CSc2nncn2C(C)C)c1. The minimum absolute atomic E-state index is 0.0366. The van der Waals surface area contributed by atoms with Crippen molar-refractivity contribution in [1.29, 1.82) is 0 Å². The van der Waals surface area contributed by atoms with E-state index in [2.05, 4.69) is 15.5 Å². The highest BCUT2D eigenvalue weighted by Crippen LogP contribution is 2.19. The van der Waals surface area contributed by atoms with Crippen LogP contribution in [0.4, 0.5) is 5.69 Å². The first kappa shape index (κ1) is 20.0. The van der Waals surface area contributed by atoms with Gasteiger partial charge in [-0.15, -0.1) is 10.2 Å². The molecular formula is C18H25N5O2S. The van der Waals surface area contributed by atoms with Crippen molar-refractivity contribution >= 4 is 29.3 Å². The lowest BCUT2D eigenvalue weighted by atomic mass is 10.1. The van der Waals surface area contributed by atoms with Crippen LogP contribution in [-0.2, 0) is 4.79 Å². The van der Waals surface area contributed by atoms with E-state index in [1.165, 1.54) is 11.8 Å². The quantitative estimate of drug-likeness (QED) is 0.717. The smallest absolute Gasteiger partial charge is 0.253 e. The van der Waals surface area contributed by atoms with Gasteiger partial charge in [0.2, 0.25) is 5.91 Å². The lowest BCUT2D eigenvalue weighted by Gasteiger charge is -2.19. The Morgan fingerprint density at radius 3 is 2.65 bits per heavy atom. The lowest BCUT2D eigenvalue weighted by Crippen LogP contribution is -2.30. The maximum Gasteiger partial charge on any atom is 0.253 e. The third-order valence-electron chi connectivity index (χ3n) is 3.87. The molecule has 0 bridgehead atoms. The highest BCUT2D eigenvalue weighted by atomic mass is 32.2. The third kappa shape index (κ3) is 5.08. The minimum atomic E-state index is -0.152. The van der Waals surface area contributed by atoms with Crippen LogP contribution in [0, 0.1) is 0 Å². The first-order valence-electron chi connectivity index (χ1n) is 8.67. The summed E-state index contributed by atoms with van der Waals surface area (Å²) >= 11 is 1.33. The molecule has 26 heavy (non-hydrogen) atoms. The van der Waals surface area contributed by atoms with Gasteiger partial charge in [-0.05, 0) is 45.9 Å². The number of aromatic nitrogens is 3. The van der Waals surface area contributed by atoms with E-state index < -0.39 is 0 Å². The van der Waals surface area contributed by atoms with Gasteiger partial charge in [0.05, 0.1) is 5.75 Å². The molecule has 0 fully saturated rings. The Kier molecular flexibility index (Phi) is 7.20. The average molecular weight is 375 g/mol. The summed E-state index contributed by atoms with van der Waals surface area (Å²) in [6.45, 7) is 9.26. The predicted octanol–water partition coefficient (Wildman–Crippen LogP) is 3.07. The molecule has 1 heterocycles. The van der Waals surface area contributed by atoms with Gasteiger partial charge in [-0.25, -0.2) is 0 Å². The minimum Gasteiger partial charge on any atom is -0.339 e. The number of anilines is 1. The number of nitrogens with one attached hydrogen (secondary N) is 1. The van der Waals surface area contributed by atoms with Gasteiger partial charge in [-0.1, -0.05) is 17.8 Å². The molecule has 0 atom stereocenters. The average Bonchev–Trinajstić information content (AvgIpc) is 3.10. The zero-order valence-corrected chi connectivity index (χ0v) is 16.4. The molecule has 0 aliphatic carbocycles. The van der Waals surface area contributed by atoms with Crippen molar-refractivity contribution in [2.24, 2.45) is 0 Å². The van der Waals surface area contributed by atoms with Crippen LogP contribution in [0.25, 0.3) is 0 Å². The number of thioether (sulfide) groups is 1. The second-order valence-corrected chi connectivity index (χ2v) is 6.95. The molecule has 8 heteroatoms. The number of carbonyl (C=O) groups excluding carboxylic acids is 2. The van der Waals surface area contributed by atoms with E-state index in [1.807, 2.05) is 32.3 Å². The third-order valence-corrected chi connectivity index (χ3v) is 4.83. The molecule has 0 unspecified atom stereocenters. The predicted molar refractivity (Wildman–Crippen MR) is 103 cm³/mol. The molecule has 0 saturated heterocycles. The Morgan fingerprint density at radius 1 is 1.27 bits per heavy atom. The number of rotatable bonds is 8. The second-order valence-electron chi connectivity index (χ2n) is 6.01. The first-order chi connectivity index (χ1) is 12.5. The maximum atomic E-state index is 12.4. The van der Waals surface area contributed by atoms with Crippen molar-refractivity contribution < 1.29 is 9.59 Å². The topological polar surface area (TPSA) is 80.1 Å². The maximum absolute atomic E-state index is 12.4. The van der Waals surface area contributed by atoms with Crippen molar-refractivity contribution in [2.75, 3.05) is 24.2 Å². The zero-order chi connectivity index (χ0) is 19.1. The summed E-state index contributed by atoms with van der Waals surface area (Å²) in [7, 11) is 0. The molecule has 1 aromatic heterocycles. The molecule has 140 valence electrons. The van der Waals surface area contributed by atoms with E-state index in [4.69, 9.17) is 0 Å². The van der Waals surface area contributed by atoms with E-state index in [0.717, 1.165) is 0 Å². The lowest BCUT2D eigenvalue weighted by molar-refractivity contribution is -0.113. The molecule has 0 aliphatic heterocycles. The first-order valence-corrected chi connectivity index (χ1v) is 9.66. The van der Waals surface area contributed by atoms with Crippen LogP contribution in [-0.4, -0.2) is 50.3 Å². The Morgan fingerprint density at radius 2 is 2.00 bits per heavy atom. The van der Waals surface area contributed by atoms with Crippen LogP contribution in [0.1, 0.15) is 44.1 Å². The number of benzene rings is 1. The molecule has 0 aliphatic rings. The van der Waals surface area contributed by atoms with Crippen molar-refractivity contribution in [3.63, 3.8) is 0 Å². The van der Waals surface area contributed by atoms with Crippen LogP contribution in [0.15, 0.2) is 35.7 Å². The molecule has 2 rings (SSSR count). The van der Waals surface area contributed by atoms with Gasteiger partial charge in [0.25, 0.3) is 5.91 Å². The monoisotopic (exact) mass is 375 g/mol. The molecule has 0 spiro atoms. The molecule has 1 aromatic carbocycles. The van der Waals surface area contributed by atoms with E-state index in [-0.39, 0.29) is 23.6 Å². The van der Waals surface area contributed by atoms with Gasteiger partial charge in [0.15, 0.2) is 5.16 Å². The van der Waals surface area contributed by atoms with Gasteiger partial charge in [0.1, 0.15) is 6.33 Å². The van der Waals surface area contributed by atoms with E-state index in [9.17, 15) is 9.59 Å². The normalized spacial score (nSPS) is 10.8. The van der Waals surface area contributed by atoms with E-state index >= 15 is 0 Å². The van der Waals surface area contributed by atoms with Gasteiger partial charge >= 0.3 is 0 Å². The Hall–Kier alpha value is -2.35. The molecule has 0 radical (unpaired) electrons. The van der Waals surface area contributed by atoms with Crippen molar-refractivity contribution in [1.82, 2.24) is 19.7 Å². The molecule has 1 N–H and O–H groups in total. The summed E-state index contributed by atoms with van der Waals surface area (Å²) in [5, 5.41) is 11.5. The van der Waals surface area contributed by atoms with Crippen molar-refractivity contribution in [3.05, 3.63) is 36.2 Å². The fraction of sp³-hybridized carbons (Fsp3) is 0.444.